The van der Waals surface area contributed by atoms with Gasteiger partial charge in [-0.05, 0) is 83.9 Å². The van der Waals surface area contributed by atoms with Crippen molar-refractivity contribution in [1.29, 1.82) is 0 Å². The molecule has 0 saturated carbocycles. The first-order chi connectivity index (χ1) is 19.3. The van der Waals surface area contributed by atoms with Gasteiger partial charge in [0.05, 0.1) is 39.0 Å². The number of nitrogens with zero attached hydrogens (tertiary/aromatic N) is 1. The van der Waals surface area contributed by atoms with Gasteiger partial charge in [-0.1, -0.05) is 13.0 Å². The van der Waals surface area contributed by atoms with Crippen LogP contribution in [-0.2, 0) is 14.3 Å². The molecule has 1 aliphatic heterocycles. The lowest BCUT2D eigenvalue weighted by Gasteiger charge is -2.37. The monoisotopic (exact) mass is 613 g/mol. The minimum atomic E-state index is -0.735. The van der Waals surface area contributed by atoms with Crippen molar-refractivity contribution in [2.24, 2.45) is 10.9 Å². The van der Waals surface area contributed by atoms with Crippen LogP contribution < -0.4 is 18.9 Å². The highest BCUT2D eigenvalue weighted by atomic mass is 79.9. The molecule has 2 aromatic rings. The molecule has 0 fully saturated rings. The van der Waals surface area contributed by atoms with Crippen LogP contribution in [0.4, 0.5) is 0 Å². The Morgan fingerprint density at radius 1 is 0.975 bits per heavy atom. The predicted molar refractivity (Wildman–Crippen MR) is 156 cm³/mol. The van der Waals surface area contributed by atoms with E-state index in [0.29, 0.717) is 70.5 Å². The van der Waals surface area contributed by atoms with Gasteiger partial charge < -0.3 is 23.7 Å². The summed E-state index contributed by atoms with van der Waals surface area (Å²) >= 11 is 3.60. The minimum Gasteiger partial charge on any atom is -0.493 e. The van der Waals surface area contributed by atoms with Gasteiger partial charge in [0.15, 0.2) is 28.8 Å². The number of hydrogen-bond donors (Lipinski definition) is 0. The number of Topliss-reactive ketones (excluding diaryl/α,β-unsaturated/α-hetero) is 1. The van der Waals surface area contributed by atoms with E-state index in [0.717, 1.165) is 11.1 Å². The van der Waals surface area contributed by atoms with Crippen molar-refractivity contribution in [1.82, 2.24) is 0 Å². The van der Waals surface area contributed by atoms with E-state index < -0.39 is 11.8 Å². The van der Waals surface area contributed by atoms with E-state index in [9.17, 15) is 9.59 Å². The molecule has 1 aliphatic carbocycles. The van der Waals surface area contributed by atoms with Crippen LogP contribution in [-0.4, -0.2) is 52.0 Å². The first-order valence-corrected chi connectivity index (χ1v) is 14.3. The summed E-state index contributed by atoms with van der Waals surface area (Å²) in [5.74, 6) is 0.493. The van der Waals surface area contributed by atoms with Crippen molar-refractivity contribution in [2.45, 2.75) is 51.9 Å². The van der Waals surface area contributed by atoms with Crippen LogP contribution in [0.1, 0.15) is 63.0 Å². The highest BCUT2D eigenvalue weighted by Gasteiger charge is 2.45. The maximum Gasteiger partial charge on any atom is 0.315 e. The van der Waals surface area contributed by atoms with Crippen LogP contribution in [0, 0.1) is 5.92 Å². The van der Waals surface area contributed by atoms with Gasteiger partial charge in [-0.25, -0.2) is 0 Å². The van der Waals surface area contributed by atoms with Gasteiger partial charge in [0.25, 0.3) is 0 Å². The van der Waals surface area contributed by atoms with Crippen molar-refractivity contribution < 1.29 is 33.3 Å². The fraction of sp³-hybridized carbons (Fsp3) is 0.452. The van der Waals surface area contributed by atoms with E-state index >= 15 is 0 Å². The maximum absolute atomic E-state index is 14.0. The third-order valence-corrected chi connectivity index (χ3v) is 7.95. The van der Waals surface area contributed by atoms with E-state index in [2.05, 4.69) is 15.9 Å². The average molecular weight is 615 g/mol. The third-order valence-electron chi connectivity index (χ3n) is 7.36. The molecular weight excluding hydrogens is 578 g/mol. The molecule has 0 aromatic heterocycles. The normalized spacial score (nSPS) is 20.4. The molecule has 2 aliphatic rings. The zero-order valence-corrected chi connectivity index (χ0v) is 25.4. The van der Waals surface area contributed by atoms with Gasteiger partial charge in [0, 0.05) is 29.3 Å². The molecule has 0 spiro atoms. The van der Waals surface area contributed by atoms with Crippen LogP contribution in [0.2, 0.25) is 0 Å². The highest BCUT2D eigenvalue weighted by molar-refractivity contribution is 9.10. The van der Waals surface area contributed by atoms with Crippen molar-refractivity contribution >= 4 is 33.4 Å². The molecule has 0 saturated heterocycles. The van der Waals surface area contributed by atoms with Crippen LogP contribution in [0.15, 0.2) is 51.1 Å². The molecular formula is C31H36BrNO7. The maximum atomic E-state index is 14.0. The molecule has 0 bridgehead atoms. The zero-order valence-electron chi connectivity index (χ0n) is 23.8. The molecule has 8 nitrogen and oxygen atoms in total. The van der Waals surface area contributed by atoms with Gasteiger partial charge in [-0.3, -0.25) is 14.6 Å². The summed E-state index contributed by atoms with van der Waals surface area (Å²) in [7, 11) is 4.76. The molecule has 1 unspecified atom stereocenters. The summed E-state index contributed by atoms with van der Waals surface area (Å²) in [4.78, 5) is 32.3. The average Bonchev–Trinajstić information content (AvgIpc) is 2.94. The third kappa shape index (κ3) is 5.75. The molecule has 214 valence electrons. The Hall–Kier alpha value is -3.33. The smallest absolute Gasteiger partial charge is 0.315 e. The Morgan fingerprint density at radius 2 is 1.70 bits per heavy atom. The molecule has 40 heavy (non-hydrogen) atoms. The van der Waals surface area contributed by atoms with Crippen LogP contribution in [0.5, 0.6) is 23.0 Å². The van der Waals surface area contributed by atoms with E-state index in [1.54, 1.807) is 21.3 Å². The summed E-state index contributed by atoms with van der Waals surface area (Å²) < 4.78 is 28.6. The molecule has 1 heterocycles. The molecule has 0 radical (unpaired) electrons. The van der Waals surface area contributed by atoms with Gasteiger partial charge in [0.2, 0.25) is 0 Å². The van der Waals surface area contributed by atoms with Gasteiger partial charge >= 0.3 is 5.97 Å². The Labute approximate surface area is 243 Å². The number of rotatable bonds is 10. The first-order valence-electron chi connectivity index (χ1n) is 13.5. The lowest BCUT2D eigenvalue weighted by atomic mass is 9.69. The van der Waals surface area contributed by atoms with Crippen molar-refractivity contribution in [3.63, 3.8) is 0 Å². The lowest BCUT2D eigenvalue weighted by Crippen LogP contribution is -2.38. The number of aliphatic imine (C=N–C) groups is 1. The fourth-order valence-corrected chi connectivity index (χ4v) is 6.21. The number of ketones is 1. The molecule has 0 amide bonds. The Kier molecular flexibility index (Phi) is 9.56. The highest BCUT2D eigenvalue weighted by Crippen LogP contribution is 2.49. The molecule has 2 aromatic carbocycles. The number of benzene rings is 2. The molecule has 3 atom stereocenters. The number of esters is 1. The summed E-state index contributed by atoms with van der Waals surface area (Å²) in [5.41, 5.74) is 3.60. The number of methoxy groups -OCH3 is 3. The summed E-state index contributed by atoms with van der Waals surface area (Å²) in [6, 6.07) is 9.48. The summed E-state index contributed by atoms with van der Waals surface area (Å²) in [5, 5.41) is 0. The Morgan fingerprint density at radius 3 is 2.35 bits per heavy atom. The number of allylic oxidation sites excluding steroid dienone is 2. The number of carbonyl (C=O) groups is 2. The Bertz CT molecular complexity index is 1350. The van der Waals surface area contributed by atoms with Crippen LogP contribution in [0.25, 0.3) is 0 Å². The largest absolute Gasteiger partial charge is 0.493 e. The second-order valence-corrected chi connectivity index (χ2v) is 10.7. The SMILES string of the molecule is CCCOC(=O)C1C(C)=NC2=C(C(=O)C[C@@H](c3ccc(OC)c(OC)c3)C2)[C@@H]1c1cc(Br)c(OC)c(OCC)c1. The van der Waals surface area contributed by atoms with Crippen molar-refractivity contribution in [3.8, 4) is 23.0 Å². The standard InChI is InChI=1S/C31H36BrNO7/c1-7-11-40-31(35)27-17(3)33-22-13-19(18-9-10-24(36-4)25(15-18)37-5)14-23(34)29(22)28(27)20-12-21(32)30(38-6)26(16-20)39-8-2/h9-10,12,15-16,19,27-28H,7-8,11,13-14H2,1-6H3/t19-,27?,28+/m0/s1. The summed E-state index contributed by atoms with van der Waals surface area (Å²) in [6.07, 6.45) is 1.53. The predicted octanol–water partition coefficient (Wildman–Crippen LogP) is 6.40. The lowest BCUT2D eigenvalue weighted by molar-refractivity contribution is -0.146. The van der Waals surface area contributed by atoms with Crippen molar-refractivity contribution in [2.75, 3.05) is 34.5 Å². The number of hydrogen-bond acceptors (Lipinski definition) is 8. The van der Waals surface area contributed by atoms with Gasteiger partial charge in [0.1, 0.15) is 5.92 Å². The minimum absolute atomic E-state index is 0.0412. The second-order valence-electron chi connectivity index (χ2n) is 9.85. The molecule has 9 heteroatoms. The van der Waals surface area contributed by atoms with Gasteiger partial charge in [-0.15, -0.1) is 0 Å². The van der Waals surface area contributed by atoms with Crippen LogP contribution in [0.3, 0.4) is 0 Å². The first kappa shape index (κ1) is 29.6. The van der Waals surface area contributed by atoms with E-state index in [-0.39, 0.29) is 24.1 Å². The van der Waals surface area contributed by atoms with Gasteiger partial charge in [-0.2, -0.15) is 0 Å². The van der Waals surface area contributed by atoms with E-state index in [1.165, 1.54) is 0 Å². The molecule has 4 rings (SSSR count). The second kappa shape index (κ2) is 12.9. The number of halogens is 1. The van der Waals surface area contributed by atoms with E-state index in [4.69, 9.17) is 28.7 Å². The summed E-state index contributed by atoms with van der Waals surface area (Å²) in [6.45, 7) is 6.40. The topological polar surface area (TPSA) is 92.7 Å². The van der Waals surface area contributed by atoms with Crippen LogP contribution >= 0.6 is 15.9 Å². The molecule has 0 N–H and O–H groups in total. The quantitative estimate of drug-likeness (QED) is 0.286. The zero-order chi connectivity index (χ0) is 29.0. The number of carbonyl (C=O) groups excluding carboxylic acids is 2. The Balaban J connectivity index is 1.83. The van der Waals surface area contributed by atoms with E-state index in [1.807, 2.05) is 51.1 Å². The van der Waals surface area contributed by atoms with Crippen molar-refractivity contribution in [3.05, 3.63) is 57.2 Å². The number of ether oxygens (including phenoxy) is 5. The fourth-order valence-electron chi connectivity index (χ4n) is 5.59.